The SMILES string of the molecule is NCCCc1cccc(Nc2ncccc2Br)c1. The first kappa shape index (κ1) is 13.1. The highest BCUT2D eigenvalue weighted by molar-refractivity contribution is 9.10. The third kappa shape index (κ3) is 3.55. The summed E-state index contributed by atoms with van der Waals surface area (Å²) in [5.74, 6) is 0.827. The van der Waals surface area contributed by atoms with Crippen molar-refractivity contribution >= 4 is 27.4 Å². The molecule has 0 saturated heterocycles. The van der Waals surface area contributed by atoms with Crippen LogP contribution in [0.3, 0.4) is 0 Å². The lowest BCUT2D eigenvalue weighted by Crippen LogP contribution is -2.01. The Morgan fingerprint density at radius 1 is 1.22 bits per heavy atom. The molecule has 2 aromatic rings. The van der Waals surface area contributed by atoms with E-state index in [0.29, 0.717) is 0 Å². The van der Waals surface area contributed by atoms with Crippen LogP contribution in [0.2, 0.25) is 0 Å². The van der Waals surface area contributed by atoms with Gasteiger partial charge in [-0.2, -0.15) is 0 Å². The van der Waals surface area contributed by atoms with E-state index in [0.717, 1.165) is 35.4 Å². The number of nitrogens with two attached hydrogens (primary N) is 1. The summed E-state index contributed by atoms with van der Waals surface area (Å²) in [5, 5.41) is 3.30. The minimum absolute atomic E-state index is 0.726. The Labute approximate surface area is 116 Å². The second-order valence-electron chi connectivity index (χ2n) is 4.05. The summed E-state index contributed by atoms with van der Waals surface area (Å²) in [6.45, 7) is 0.726. The van der Waals surface area contributed by atoms with E-state index in [4.69, 9.17) is 5.73 Å². The standard InChI is InChI=1S/C14H16BrN3/c15-13-7-3-9-17-14(13)18-12-6-1-4-11(10-12)5-2-8-16/h1,3-4,6-7,9-10H,2,5,8,16H2,(H,17,18). The minimum Gasteiger partial charge on any atom is -0.339 e. The molecule has 0 fully saturated rings. The first-order valence-electron chi connectivity index (χ1n) is 5.96. The van der Waals surface area contributed by atoms with Crippen molar-refractivity contribution in [2.45, 2.75) is 12.8 Å². The Morgan fingerprint density at radius 2 is 2.11 bits per heavy atom. The third-order valence-electron chi connectivity index (χ3n) is 2.62. The number of nitrogens with zero attached hydrogens (tertiary/aromatic N) is 1. The van der Waals surface area contributed by atoms with Crippen molar-refractivity contribution in [3.05, 3.63) is 52.6 Å². The molecule has 0 aliphatic heterocycles. The van der Waals surface area contributed by atoms with Crippen molar-refractivity contribution < 1.29 is 0 Å². The highest BCUT2D eigenvalue weighted by atomic mass is 79.9. The molecule has 0 aliphatic rings. The summed E-state index contributed by atoms with van der Waals surface area (Å²) in [6.07, 6.45) is 3.79. The summed E-state index contributed by atoms with van der Waals surface area (Å²) < 4.78 is 0.956. The molecule has 0 saturated carbocycles. The van der Waals surface area contributed by atoms with Crippen LogP contribution >= 0.6 is 15.9 Å². The number of pyridine rings is 1. The molecule has 0 amide bonds. The number of rotatable bonds is 5. The van der Waals surface area contributed by atoms with Gasteiger partial charge < -0.3 is 11.1 Å². The van der Waals surface area contributed by atoms with Gasteiger partial charge in [0.25, 0.3) is 0 Å². The molecule has 94 valence electrons. The summed E-state index contributed by atoms with van der Waals surface area (Å²) >= 11 is 3.47. The van der Waals surface area contributed by atoms with Crippen molar-refractivity contribution in [2.24, 2.45) is 5.73 Å². The van der Waals surface area contributed by atoms with E-state index in [1.165, 1.54) is 5.56 Å². The van der Waals surface area contributed by atoms with Crippen LogP contribution in [0.15, 0.2) is 47.1 Å². The molecule has 2 rings (SSSR count). The molecule has 4 heteroatoms. The molecule has 0 radical (unpaired) electrons. The lowest BCUT2D eigenvalue weighted by molar-refractivity contribution is 0.833. The smallest absolute Gasteiger partial charge is 0.144 e. The molecular formula is C14H16BrN3. The van der Waals surface area contributed by atoms with Gasteiger partial charge in [-0.1, -0.05) is 12.1 Å². The molecule has 3 nitrogen and oxygen atoms in total. The van der Waals surface area contributed by atoms with E-state index in [1.54, 1.807) is 6.20 Å². The van der Waals surface area contributed by atoms with Crippen LogP contribution in [-0.2, 0) is 6.42 Å². The summed E-state index contributed by atoms with van der Waals surface area (Å²) in [4.78, 5) is 4.29. The number of nitrogens with one attached hydrogen (secondary N) is 1. The lowest BCUT2D eigenvalue weighted by atomic mass is 10.1. The second-order valence-corrected chi connectivity index (χ2v) is 4.91. The van der Waals surface area contributed by atoms with Crippen LogP contribution in [0.1, 0.15) is 12.0 Å². The van der Waals surface area contributed by atoms with Gasteiger partial charge in [0.1, 0.15) is 5.82 Å². The van der Waals surface area contributed by atoms with E-state index < -0.39 is 0 Å². The van der Waals surface area contributed by atoms with Gasteiger partial charge in [-0.3, -0.25) is 0 Å². The quantitative estimate of drug-likeness (QED) is 0.889. The maximum atomic E-state index is 5.53. The highest BCUT2D eigenvalue weighted by Crippen LogP contribution is 2.23. The minimum atomic E-state index is 0.726. The summed E-state index contributed by atoms with van der Waals surface area (Å²) in [7, 11) is 0. The van der Waals surface area contributed by atoms with Gasteiger partial charge in [0.2, 0.25) is 0 Å². The van der Waals surface area contributed by atoms with Crippen molar-refractivity contribution in [1.82, 2.24) is 4.98 Å². The van der Waals surface area contributed by atoms with Gasteiger partial charge in [-0.15, -0.1) is 0 Å². The zero-order valence-corrected chi connectivity index (χ0v) is 11.7. The Bertz CT molecular complexity index is 514. The molecule has 1 aromatic carbocycles. The molecule has 0 aliphatic carbocycles. The van der Waals surface area contributed by atoms with E-state index in [-0.39, 0.29) is 0 Å². The molecule has 0 atom stereocenters. The number of anilines is 2. The van der Waals surface area contributed by atoms with Crippen LogP contribution in [0.25, 0.3) is 0 Å². The van der Waals surface area contributed by atoms with E-state index in [1.807, 2.05) is 24.3 Å². The number of aromatic nitrogens is 1. The zero-order chi connectivity index (χ0) is 12.8. The van der Waals surface area contributed by atoms with Gasteiger partial charge >= 0.3 is 0 Å². The number of aryl methyl sites for hydroxylation is 1. The average Bonchev–Trinajstić information content (AvgIpc) is 2.40. The number of benzene rings is 1. The molecule has 0 bridgehead atoms. The number of hydrogen-bond donors (Lipinski definition) is 2. The van der Waals surface area contributed by atoms with Crippen LogP contribution in [0.5, 0.6) is 0 Å². The fourth-order valence-electron chi connectivity index (χ4n) is 1.73. The van der Waals surface area contributed by atoms with Gasteiger partial charge in [-0.25, -0.2) is 4.98 Å². The normalized spacial score (nSPS) is 10.3. The number of hydrogen-bond acceptors (Lipinski definition) is 3. The second kappa shape index (κ2) is 6.52. The fraction of sp³-hybridized carbons (Fsp3) is 0.214. The predicted molar refractivity (Wildman–Crippen MR) is 79.0 cm³/mol. The van der Waals surface area contributed by atoms with E-state index >= 15 is 0 Å². The average molecular weight is 306 g/mol. The van der Waals surface area contributed by atoms with Crippen LogP contribution < -0.4 is 11.1 Å². The van der Waals surface area contributed by atoms with Crippen molar-refractivity contribution in [3.63, 3.8) is 0 Å². The Hall–Kier alpha value is -1.39. The molecular weight excluding hydrogens is 290 g/mol. The lowest BCUT2D eigenvalue weighted by Gasteiger charge is -2.08. The molecule has 18 heavy (non-hydrogen) atoms. The molecule has 1 heterocycles. The Kier molecular flexibility index (Phi) is 4.73. The Balaban J connectivity index is 2.12. The van der Waals surface area contributed by atoms with Crippen molar-refractivity contribution in [2.75, 3.05) is 11.9 Å². The molecule has 0 unspecified atom stereocenters. The molecule has 0 spiro atoms. The third-order valence-corrected chi connectivity index (χ3v) is 3.26. The zero-order valence-electron chi connectivity index (χ0n) is 10.1. The first-order chi connectivity index (χ1) is 8.79. The summed E-state index contributed by atoms with van der Waals surface area (Å²) in [6, 6.07) is 12.2. The largest absolute Gasteiger partial charge is 0.339 e. The van der Waals surface area contributed by atoms with Crippen molar-refractivity contribution in [1.29, 1.82) is 0 Å². The summed E-state index contributed by atoms with van der Waals surface area (Å²) in [5.41, 5.74) is 7.86. The van der Waals surface area contributed by atoms with Gasteiger partial charge in [0.15, 0.2) is 0 Å². The topological polar surface area (TPSA) is 50.9 Å². The van der Waals surface area contributed by atoms with Gasteiger partial charge in [0, 0.05) is 11.9 Å². The number of halogens is 1. The predicted octanol–water partition coefficient (Wildman–Crippen LogP) is 3.48. The monoisotopic (exact) mass is 305 g/mol. The highest BCUT2D eigenvalue weighted by Gasteiger charge is 2.01. The maximum absolute atomic E-state index is 5.53. The maximum Gasteiger partial charge on any atom is 0.144 e. The van der Waals surface area contributed by atoms with Crippen LogP contribution in [-0.4, -0.2) is 11.5 Å². The van der Waals surface area contributed by atoms with Gasteiger partial charge in [0.05, 0.1) is 4.47 Å². The van der Waals surface area contributed by atoms with Crippen LogP contribution in [0.4, 0.5) is 11.5 Å². The van der Waals surface area contributed by atoms with Gasteiger partial charge in [-0.05, 0) is 65.1 Å². The van der Waals surface area contributed by atoms with E-state index in [9.17, 15) is 0 Å². The Morgan fingerprint density at radius 3 is 2.89 bits per heavy atom. The molecule has 1 aromatic heterocycles. The fourth-order valence-corrected chi connectivity index (χ4v) is 2.08. The molecule has 3 N–H and O–H groups in total. The first-order valence-corrected chi connectivity index (χ1v) is 6.75. The van der Waals surface area contributed by atoms with Crippen LogP contribution in [0, 0.1) is 0 Å². The van der Waals surface area contributed by atoms with Crippen molar-refractivity contribution in [3.8, 4) is 0 Å². The van der Waals surface area contributed by atoms with E-state index in [2.05, 4.69) is 38.4 Å².